The van der Waals surface area contributed by atoms with Crippen molar-refractivity contribution in [2.75, 3.05) is 6.54 Å². The van der Waals surface area contributed by atoms with Crippen LogP contribution < -0.4 is 5.73 Å². The highest BCUT2D eigenvalue weighted by Crippen LogP contribution is 2.21. The summed E-state index contributed by atoms with van der Waals surface area (Å²) < 4.78 is 6.88. The number of hydrogen-bond donors (Lipinski definition) is 1. The number of nitrogens with two attached hydrogens (primary N) is 1. The fourth-order valence-electron chi connectivity index (χ4n) is 1.59. The molecule has 0 aromatic carbocycles. The van der Waals surface area contributed by atoms with Crippen LogP contribution in [0.15, 0.2) is 29.3 Å². The maximum Gasteiger partial charge on any atom is 0.261 e. The van der Waals surface area contributed by atoms with Crippen LogP contribution in [0.2, 0.25) is 0 Å². The second-order valence-electron chi connectivity index (χ2n) is 3.52. The summed E-state index contributed by atoms with van der Waals surface area (Å²) in [5.74, 6) is 1.04. The third-order valence-electron chi connectivity index (χ3n) is 2.39. The van der Waals surface area contributed by atoms with Crippen molar-refractivity contribution < 1.29 is 4.52 Å². The molecule has 17 heavy (non-hydrogen) atoms. The molecule has 86 valence electrons. The van der Waals surface area contributed by atoms with Crippen LogP contribution >= 0.6 is 0 Å². The Hall–Kier alpha value is -2.28. The van der Waals surface area contributed by atoms with Crippen LogP contribution in [0.3, 0.4) is 0 Å². The van der Waals surface area contributed by atoms with Crippen molar-refractivity contribution in [3.8, 4) is 11.5 Å². The van der Waals surface area contributed by atoms with Crippen molar-refractivity contribution in [2.24, 2.45) is 5.73 Å². The molecule has 3 rings (SSSR count). The molecule has 0 aliphatic carbocycles. The van der Waals surface area contributed by atoms with E-state index >= 15 is 0 Å². The van der Waals surface area contributed by atoms with Crippen molar-refractivity contribution in [2.45, 2.75) is 6.42 Å². The van der Waals surface area contributed by atoms with E-state index in [4.69, 9.17) is 10.3 Å². The van der Waals surface area contributed by atoms with Gasteiger partial charge in [0.1, 0.15) is 0 Å². The first-order valence-electron chi connectivity index (χ1n) is 5.19. The molecule has 0 bridgehead atoms. The summed E-state index contributed by atoms with van der Waals surface area (Å²) >= 11 is 0. The molecule has 0 radical (unpaired) electrons. The van der Waals surface area contributed by atoms with Gasteiger partial charge in [0.05, 0.1) is 23.5 Å². The predicted octanol–water partition coefficient (Wildman–Crippen LogP) is 0.280. The van der Waals surface area contributed by atoms with Crippen molar-refractivity contribution in [3.63, 3.8) is 0 Å². The van der Waals surface area contributed by atoms with Gasteiger partial charge in [0.25, 0.3) is 5.89 Å². The van der Waals surface area contributed by atoms with Gasteiger partial charge in [0.15, 0.2) is 5.82 Å². The maximum absolute atomic E-state index is 5.43. The Kier molecular flexibility index (Phi) is 2.30. The number of hydrogen-bond acceptors (Lipinski definition) is 6. The summed E-state index contributed by atoms with van der Waals surface area (Å²) in [6.45, 7) is 0.495. The molecular weight excluding hydrogens is 220 g/mol. The second-order valence-corrected chi connectivity index (χ2v) is 3.52. The molecule has 7 nitrogen and oxygen atoms in total. The van der Waals surface area contributed by atoms with E-state index < -0.39 is 0 Å². The summed E-state index contributed by atoms with van der Waals surface area (Å²) in [4.78, 5) is 8.30. The molecule has 0 saturated carbocycles. The normalized spacial score (nSPS) is 11.1. The molecule has 0 amide bonds. The molecule has 0 fully saturated rings. The smallest absolute Gasteiger partial charge is 0.261 e. The Bertz CT molecular complexity index is 643. The van der Waals surface area contributed by atoms with Gasteiger partial charge in [-0.3, -0.25) is 4.98 Å². The van der Waals surface area contributed by atoms with Crippen LogP contribution in [0.25, 0.3) is 17.0 Å². The summed E-state index contributed by atoms with van der Waals surface area (Å²) in [7, 11) is 0. The van der Waals surface area contributed by atoms with Crippen LogP contribution in [-0.2, 0) is 6.42 Å². The lowest BCUT2D eigenvalue weighted by atomic mass is 10.3. The first-order chi connectivity index (χ1) is 8.38. The molecule has 0 aliphatic rings. The van der Waals surface area contributed by atoms with Crippen LogP contribution in [0.1, 0.15) is 5.82 Å². The van der Waals surface area contributed by atoms with Gasteiger partial charge in [-0.15, -0.1) is 0 Å². The fourth-order valence-corrected chi connectivity index (χ4v) is 1.59. The number of nitrogens with zero attached hydrogens (tertiary/aromatic N) is 5. The highest BCUT2D eigenvalue weighted by atomic mass is 16.5. The lowest BCUT2D eigenvalue weighted by Gasteiger charge is -1.91. The zero-order valence-corrected chi connectivity index (χ0v) is 8.95. The summed E-state index contributed by atoms with van der Waals surface area (Å²) in [5, 5.41) is 8.02. The molecule has 0 aliphatic heterocycles. The highest BCUT2D eigenvalue weighted by Gasteiger charge is 2.13. The first-order valence-corrected chi connectivity index (χ1v) is 5.19. The summed E-state index contributed by atoms with van der Waals surface area (Å²) in [6.07, 6.45) is 7.40. The predicted molar refractivity (Wildman–Crippen MR) is 59.0 cm³/mol. The van der Waals surface area contributed by atoms with Crippen molar-refractivity contribution >= 4 is 5.52 Å². The van der Waals surface area contributed by atoms with Crippen LogP contribution in [0.4, 0.5) is 0 Å². The van der Waals surface area contributed by atoms with Gasteiger partial charge >= 0.3 is 0 Å². The van der Waals surface area contributed by atoms with E-state index in [1.165, 1.54) is 0 Å². The monoisotopic (exact) mass is 230 g/mol. The molecule has 3 heterocycles. The summed E-state index contributed by atoms with van der Waals surface area (Å²) in [5.41, 5.74) is 7.03. The van der Waals surface area contributed by atoms with E-state index in [2.05, 4.69) is 20.2 Å². The topological polar surface area (TPSA) is 95.1 Å². The zero-order valence-electron chi connectivity index (χ0n) is 8.95. The Labute approximate surface area is 96.3 Å². The largest absolute Gasteiger partial charge is 0.334 e. The molecule has 0 spiro atoms. The van der Waals surface area contributed by atoms with E-state index in [-0.39, 0.29) is 0 Å². The van der Waals surface area contributed by atoms with E-state index in [0.717, 1.165) is 11.1 Å². The van der Waals surface area contributed by atoms with Gasteiger partial charge in [-0.05, 0) is 6.54 Å². The molecule has 0 unspecified atom stereocenters. The summed E-state index contributed by atoms with van der Waals surface area (Å²) in [6, 6.07) is 0. The van der Waals surface area contributed by atoms with Gasteiger partial charge in [0, 0.05) is 18.8 Å². The van der Waals surface area contributed by atoms with E-state index in [1.807, 2.05) is 0 Å². The van der Waals surface area contributed by atoms with Crippen LogP contribution in [-0.4, -0.2) is 31.3 Å². The van der Waals surface area contributed by atoms with Crippen LogP contribution in [0, 0.1) is 0 Å². The minimum Gasteiger partial charge on any atom is -0.334 e. The highest BCUT2D eigenvalue weighted by molar-refractivity contribution is 5.73. The van der Waals surface area contributed by atoms with Gasteiger partial charge in [-0.2, -0.15) is 10.1 Å². The minimum atomic E-state index is 0.441. The van der Waals surface area contributed by atoms with Gasteiger partial charge in [0.2, 0.25) is 0 Å². The zero-order chi connectivity index (χ0) is 11.7. The molecule has 0 saturated heterocycles. The molecule has 0 atom stereocenters. The van der Waals surface area contributed by atoms with Crippen molar-refractivity contribution in [1.82, 2.24) is 24.7 Å². The average molecular weight is 230 g/mol. The van der Waals surface area contributed by atoms with Crippen LogP contribution in [0.5, 0.6) is 0 Å². The molecule has 2 N–H and O–H groups in total. The minimum absolute atomic E-state index is 0.441. The third kappa shape index (κ3) is 1.66. The third-order valence-corrected chi connectivity index (χ3v) is 2.39. The lowest BCUT2D eigenvalue weighted by molar-refractivity contribution is 0.423. The number of rotatable bonds is 3. The van der Waals surface area contributed by atoms with Crippen molar-refractivity contribution in [3.05, 3.63) is 30.6 Å². The standard InChI is InChI=1S/C10H10N6O/c11-2-1-9-14-10(17-15-9)7-5-13-16-4-3-12-6-8(7)16/h3-6H,1-2,11H2. The average Bonchev–Trinajstić information content (AvgIpc) is 2.95. The molecular formula is C10H10N6O. The SMILES string of the molecule is NCCc1noc(-c2cnn3ccncc23)n1. The van der Waals surface area contributed by atoms with E-state index in [0.29, 0.717) is 24.7 Å². The first kappa shape index (κ1) is 9.91. The van der Waals surface area contributed by atoms with Crippen molar-refractivity contribution in [1.29, 1.82) is 0 Å². The Morgan fingerprint density at radius 2 is 2.29 bits per heavy atom. The van der Waals surface area contributed by atoms with E-state index in [1.54, 1.807) is 29.3 Å². The Balaban J connectivity index is 2.07. The Morgan fingerprint density at radius 1 is 1.35 bits per heavy atom. The number of fused-ring (bicyclic) bond motifs is 1. The van der Waals surface area contributed by atoms with Gasteiger partial charge < -0.3 is 10.3 Å². The van der Waals surface area contributed by atoms with Gasteiger partial charge in [-0.25, -0.2) is 4.52 Å². The Morgan fingerprint density at radius 3 is 3.18 bits per heavy atom. The quantitative estimate of drug-likeness (QED) is 0.694. The number of aromatic nitrogens is 5. The van der Waals surface area contributed by atoms with E-state index in [9.17, 15) is 0 Å². The fraction of sp³-hybridized carbons (Fsp3) is 0.200. The van der Waals surface area contributed by atoms with Gasteiger partial charge in [-0.1, -0.05) is 5.16 Å². The maximum atomic E-state index is 5.43. The molecule has 3 aromatic heterocycles. The molecule has 3 aromatic rings. The second kappa shape index (κ2) is 3.95. The lowest BCUT2D eigenvalue weighted by Crippen LogP contribution is -2.03. The molecule has 7 heteroatoms.